The normalized spacial score (nSPS) is 17.4. The number of aromatic nitrogens is 2. The maximum Gasteiger partial charge on any atom is 0.268 e. The number of nitrogens with one attached hydrogen (secondary N) is 1. The molecule has 1 atom stereocenters. The number of rotatable bonds is 3. The Bertz CT molecular complexity index is 1310. The van der Waals surface area contributed by atoms with Gasteiger partial charge in [0.25, 0.3) is 11.8 Å². The second-order valence-electron chi connectivity index (χ2n) is 8.64. The van der Waals surface area contributed by atoms with E-state index in [1.807, 2.05) is 33.0 Å². The highest BCUT2D eigenvalue weighted by Crippen LogP contribution is 2.41. The lowest BCUT2D eigenvalue weighted by Gasteiger charge is -2.33. The van der Waals surface area contributed by atoms with Crippen molar-refractivity contribution < 1.29 is 18.7 Å². The van der Waals surface area contributed by atoms with Crippen LogP contribution in [0.1, 0.15) is 39.8 Å². The Kier molecular flexibility index (Phi) is 4.96. The van der Waals surface area contributed by atoms with Gasteiger partial charge in [0.05, 0.1) is 17.9 Å². The Balaban J connectivity index is 1.61. The summed E-state index contributed by atoms with van der Waals surface area (Å²) in [6.07, 6.45) is -0.0415. The van der Waals surface area contributed by atoms with E-state index in [9.17, 15) is 9.59 Å². The van der Waals surface area contributed by atoms with Gasteiger partial charge in [-0.2, -0.15) is 5.10 Å². The predicted molar refractivity (Wildman–Crippen MR) is 122 cm³/mol. The van der Waals surface area contributed by atoms with Crippen LogP contribution in [0.2, 0.25) is 0 Å². The summed E-state index contributed by atoms with van der Waals surface area (Å²) in [4.78, 5) is 27.0. The molecule has 0 unspecified atom stereocenters. The lowest BCUT2D eigenvalue weighted by molar-refractivity contribution is -0.125. The van der Waals surface area contributed by atoms with Crippen molar-refractivity contribution in [1.82, 2.24) is 15.1 Å². The van der Waals surface area contributed by atoms with Crippen molar-refractivity contribution in [2.75, 3.05) is 11.4 Å². The zero-order valence-corrected chi connectivity index (χ0v) is 19.0. The Labute approximate surface area is 191 Å². The second-order valence-corrected chi connectivity index (χ2v) is 8.64. The molecule has 2 aliphatic heterocycles. The highest BCUT2D eigenvalue weighted by molar-refractivity contribution is 6.01. The molecular formula is C25H25FN4O3. The molecule has 0 fully saturated rings. The van der Waals surface area contributed by atoms with Crippen LogP contribution in [0.25, 0.3) is 11.1 Å². The van der Waals surface area contributed by atoms with Gasteiger partial charge >= 0.3 is 0 Å². The number of benzene rings is 2. The molecular weight excluding hydrogens is 423 g/mol. The molecule has 1 aromatic heterocycles. The molecule has 5 rings (SSSR count). The van der Waals surface area contributed by atoms with Crippen LogP contribution in [0.4, 0.5) is 10.1 Å². The Morgan fingerprint density at radius 3 is 2.70 bits per heavy atom. The van der Waals surface area contributed by atoms with Crippen molar-refractivity contribution in [3.05, 3.63) is 64.2 Å². The molecule has 0 aliphatic carbocycles. The highest BCUT2D eigenvalue weighted by atomic mass is 19.1. The number of hydrogen-bond donors (Lipinski definition) is 1. The first kappa shape index (κ1) is 21.2. The van der Waals surface area contributed by atoms with Gasteiger partial charge in [-0.1, -0.05) is 12.1 Å². The summed E-state index contributed by atoms with van der Waals surface area (Å²) < 4.78 is 22.7. The number of hydrogen-bond acceptors (Lipinski definition) is 4. The van der Waals surface area contributed by atoms with E-state index in [2.05, 4.69) is 10.4 Å². The summed E-state index contributed by atoms with van der Waals surface area (Å²) in [6.45, 7) is 6.34. The first-order valence-corrected chi connectivity index (χ1v) is 11.0. The van der Waals surface area contributed by atoms with Crippen LogP contribution in [0.5, 0.6) is 5.75 Å². The van der Waals surface area contributed by atoms with Gasteiger partial charge in [0, 0.05) is 30.4 Å². The number of halogens is 1. The molecule has 2 aliphatic rings. The lowest BCUT2D eigenvalue weighted by atomic mass is 9.94. The molecule has 8 heteroatoms. The quantitative estimate of drug-likeness (QED) is 0.666. The molecule has 0 radical (unpaired) electrons. The highest BCUT2D eigenvalue weighted by Gasteiger charge is 2.35. The Hall–Kier alpha value is -3.68. The number of amides is 2. The third-order valence-electron chi connectivity index (χ3n) is 6.57. The van der Waals surface area contributed by atoms with E-state index in [0.717, 1.165) is 28.9 Å². The smallest absolute Gasteiger partial charge is 0.268 e. The van der Waals surface area contributed by atoms with E-state index in [1.165, 1.54) is 6.07 Å². The molecule has 3 heterocycles. The summed E-state index contributed by atoms with van der Waals surface area (Å²) in [5.74, 6) is -0.867. The summed E-state index contributed by atoms with van der Waals surface area (Å²) in [5.41, 5.74) is 5.89. The zero-order valence-electron chi connectivity index (χ0n) is 19.0. The SMILES string of the molecule is Cc1nn(C)c(C)c1CN1C(=O)[C@@H](C)Oc2c(F)cc(-c3ccc4c(c3)C(=O)NCC4)cc21. The summed E-state index contributed by atoms with van der Waals surface area (Å²) in [6, 6.07) is 8.71. The largest absolute Gasteiger partial charge is 0.476 e. The van der Waals surface area contributed by atoms with E-state index in [1.54, 1.807) is 28.6 Å². The van der Waals surface area contributed by atoms with Gasteiger partial charge in [-0.3, -0.25) is 14.3 Å². The molecule has 0 saturated heterocycles. The maximum absolute atomic E-state index is 15.2. The van der Waals surface area contributed by atoms with Crippen molar-refractivity contribution >= 4 is 17.5 Å². The number of carbonyl (C=O) groups excluding carboxylic acids is 2. The van der Waals surface area contributed by atoms with Gasteiger partial charge in [-0.15, -0.1) is 0 Å². The van der Waals surface area contributed by atoms with E-state index in [0.29, 0.717) is 28.9 Å². The Morgan fingerprint density at radius 2 is 1.97 bits per heavy atom. The topological polar surface area (TPSA) is 76.5 Å². The fourth-order valence-corrected chi connectivity index (χ4v) is 4.59. The van der Waals surface area contributed by atoms with Crippen molar-refractivity contribution in [3.8, 4) is 16.9 Å². The van der Waals surface area contributed by atoms with Gasteiger partial charge < -0.3 is 15.0 Å². The monoisotopic (exact) mass is 448 g/mol. The van der Waals surface area contributed by atoms with Crippen LogP contribution < -0.4 is 15.0 Å². The summed E-state index contributed by atoms with van der Waals surface area (Å²) in [7, 11) is 1.85. The van der Waals surface area contributed by atoms with Gasteiger partial charge in [0.2, 0.25) is 0 Å². The number of aryl methyl sites for hydroxylation is 2. The number of nitrogens with zero attached hydrogens (tertiary/aromatic N) is 3. The van der Waals surface area contributed by atoms with Crippen LogP contribution in [0, 0.1) is 19.7 Å². The molecule has 7 nitrogen and oxygen atoms in total. The molecule has 3 aromatic rings. The van der Waals surface area contributed by atoms with E-state index < -0.39 is 11.9 Å². The molecule has 0 saturated carbocycles. The van der Waals surface area contributed by atoms with Gasteiger partial charge in [-0.25, -0.2) is 4.39 Å². The average Bonchev–Trinajstić information content (AvgIpc) is 3.03. The molecule has 0 bridgehead atoms. The van der Waals surface area contributed by atoms with Crippen molar-refractivity contribution in [3.63, 3.8) is 0 Å². The van der Waals surface area contributed by atoms with Crippen molar-refractivity contribution in [1.29, 1.82) is 0 Å². The third-order valence-corrected chi connectivity index (χ3v) is 6.57. The van der Waals surface area contributed by atoms with Crippen LogP contribution in [0.15, 0.2) is 30.3 Å². The summed E-state index contributed by atoms with van der Waals surface area (Å²) in [5, 5.41) is 7.28. The zero-order chi connectivity index (χ0) is 23.4. The predicted octanol–water partition coefficient (Wildman–Crippen LogP) is 3.44. The second kappa shape index (κ2) is 7.72. The van der Waals surface area contributed by atoms with Gasteiger partial charge in [-0.05, 0) is 62.1 Å². The molecule has 2 amide bonds. The number of carbonyl (C=O) groups is 2. The molecule has 170 valence electrons. The van der Waals surface area contributed by atoms with Crippen LogP contribution in [0.3, 0.4) is 0 Å². The van der Waals surface area contributed by atoms with E-state index in [4.69, 9.17) is 4.74 Å². The maximum atomic E-state index is 15.2. The average molecular weight is 448 g/mol. The fraction of sp³-hybridized carbons (Fsp3) is 0.320. The van der Waals surface area contributed by atoms with Crippen LogP contribution in [-0.2, 0) is 24.8 Å². The van der Waals surface area contributed by atoms with Crippen LogP contribution in [-0.4, -0.2) is 34.2 Å². The standard InChI is InChI=1S/C25H25FN4O3/c1-13-20(14(2)29(4)28-13)12-30-22-11-18(10-21(26)23(22)33-15(3)25(30)32)17-6-5-16-7-8-27-24(31)19(16)9-17/h5-6,9-11,15H,7-8,12H2,1-4H3,(H,27,31)/t15-/m1/s1. The lowest BCUT2D eigenvalue weighted by Crippen LogP contribution is -2.44. The first-order valence-electron chi connectivity index (χ1n) is 11.0. The summed E-state index contributed by atoms with van der Waals surface area (Å²) >= 11 is 0. The Morgan fingerprint density at radius 1 is 1.18 bits per heavy atom. The molecule has 0 spiro atoms. The van der Waals surface area contributed by atoms with Gasteiger partial charge in [0.1, 0.15) is 0 Å². The number of ether oxygens (including phenoxy) is 1. The third kappa shape index (κ3) is 3.46. The minimum absolute atomic E-state index is 0.0562. The minimum Gasteiger partial charge on any atom is -0.476 e. The van der Waals surface area contributed by atoms with E-state index in [-0.39, 0.29) is 24.1 Å². The minimum atomic E-state index is -0.803. The van der Waals surface area contributed by atoms with Gasteiger partial charge in [0.15, 0.2) is 17.7 Å². The number of anilines is 1. The molecule has 1 N–H and O–H groups in total. The van der Waals surface area contributed by atoms with Crippen molar-refractivity contribution in [2.24, 2.45) is 7.05 Å². The first-order chi connectivity index (χ1) is 15.7. The number of fused-ring (bicyclic) bond motifs is 2. The molecule has 2 aromatic carbocycles. The van der Waals surface area contributed by atoms with Crippen molar-refractivity contribution in [2.45, 2.75) is 39.8 Å². The fourth-order valence-electron chi connectivity index (χ4n) is 4.59. The molecule has 33 heavy (non-hydrogen) atoms. The van der Waals surface area contributed by atoms with E-state index >= 15 is 4.39 Å². The van der Waals surface area contributed by atoms with Crippen LogP contribution >= 0.6 is 0 Å².